The Labute approximate surface area is 287 Å². The van der Waals surface area contributed by atoms with Crippen molar-refractivity contribution < 1.29 is 58.6 Å². The summed E-state index contributed by atoms with van der Waals surface area (Å²) >= 11 is 0. The Hall–Kier alpha value is -3.36. The maximum atomic E-state index is 13.6. The maximum Gasteiger partial charge on any atom is 0.308 e. The van der Waals surface area contributed by atoms with Gasteiger partial charge in [-0.15, -0.1) is 0 Å². The summed E-state index contributed by atoms with van der Waals surface area (Å²) < 4.78 is 22.3. The highest BCUT2D eigenvalue weighted by molar-refractivity contribution is 6.30. The lowest BCUT2D eigenvalue weighted by molar-refractivity contribution is -0.145. The van der Waals surface area contributed by atoms with Gasteiger partial charge in [0.25, 0.3) is 5.79 Å². The molecule has 0 bridgehead atoms. The van der Waals surface area contributed by atoms with Crippen molar-refractivity contribution in [1.29, 1.82) is 0 Å². The number of hydrogen-bond acceptors (Lipinski definition) is 13. The van der Waals surface area contributed by atoms with Gasteiger partial charge in [0, 0.05) is 43.4 Å². The average molecular weight is 692 g/mol. The third-order valence-electron chi connectivity index (χ3n) is 10.5. The summed E-state index contributed by atoms with van der Waals surface area (Å²) in [6, 6.07) is 0. The number of aliphatic hydroxyl groups is 3. The molecule has 1 aliphatic carbocycles. The van der Waals surface area contributed by atoms with Crippen LogP contribution in [-0.4, -0.2) is 94.8 Å². The largest absolute Gasteiger partial charge is 0.507 e. The zero-order valence-corrected chi connectivity index (χ0v) is 29.9. The fourth-order valence-electron chi connectivity index (χ4n) is 6.94. The van der Waals surface area contributed by atoms with Crippen LogP contribution in [0.5, 0.6) is 11.5 Å². The van der Waals surface area contributed by atoms with E-state index in [1.54, 1.807) is 27.7 Å². The van der Waals surface area contributed by atoms with Gasteiger partial charge < -0.3 is 45.1 Å². The molecule has 0 radical (unpaired) electrons. The van der Waals surface area contributed by atoms with Gasteiger partial charge in [0.1, 0.15) is 11.5 Å². The minimum Gasteiger partial charge on any atom is -0.507 e. The van der Waals surface area contributed by atoms with Gasteiger partial charge in [-0.1, -0.05) is 41.0 Å². The molecule has 0 fully saturated rings. The second-order valence-electron chi connectivity index (χ2n) is 13.9. The minimum absolute atomic E-state index is 0.0601. The summed E-state index contributed by atoms with van der Waals surface area (Å²) in [6.07, 6.45) is -0.380. The second-order valence-corrected chi connectivity index (χ2v) is 13.9. The number of rotatable bonds is 17. The molecule has 3 rings (SSSR count). The minimum atomic E-state index is -1.88. The number of ketones is 3. The molecule has 1 unspecified atom stereocenters. The van der Waals surface area contributed by atoms with Crippen LogP contribution >= 0.6 is 0 Å². The van der Waals surface area contributed by atoms with Crippen LogP contribution in [0.2, 0.25) is 0 Å². The molecule has 1 aromatic carbocycles. The fraction of sp³-hybridized carbons (Fsp3) is 0.667. The van der Waals surface area contributed by atoms with Crippen molar-refractivity contribution >= 4 is 23.3 Å². The standard InChI is InChI=1S/C36H53NO12/c1-16(11-10-12-17(2)35(45)47-9)28(39)19(4)30(41)20(5)29(40)18(3)24(46-8)13-14-48-36(7)34(44)27-25-23(38)15-22(37)32(43)26(25)31(42)21(6)33(27)49-36/h15-20,24,28-30,39-42H,10-14,37H2,1-9H3/t16-,17?,18+,19+,20-,24-,28-,29+,30+,36-/m0/s1. The third-order valence-corrected chi connectivity index (χ3v) is 10.5. The van der Waals surface area contributed by atoms with Crippen LogP contribution in [0.15, 0.2) is 11.8 Å². The Kier molecular flexibility index (Phi) is 13.2. The number of esters is 1. The Balaban J connectivity index is 1.62. The molecule has 0 saturated carbocycles. The monoisotopic (exact) mass is 691 g/mol. The van der Waals surface area contributed by atoms with Gasteiger partial charge in [-0.3, -0.25) is 19.2 Å². The van der Waals surface area contributed by atoms with Gasteiger partial charge in [-0.25, -0.2) is 0 Å². The van der Waals surface area contributed by atoms with Crippen LogP contribution in [0, 0.1) is 36.5 Å². The quantitative estimate of drug-likeness (QED) is 0.149. The molecule has 0 aromatic heterocycles. The zero-order valence-electron chi connectivity index (χ0n) is 29.9. The number of ether oxygens (including phenoxy) is 4. The van der Waals surface area contributed by atoms with Crippen molar-refractivity contribution in [3.8, 4) is 11.5 Å². The van der Waals surface area contributed by atoms with E-state index in [0.29, 0.717) is 19.3 Å². The topological polar surface area (TPSA) is 212 Å². The molecule has 49 heavy (non-hydrogen) atoms. The smallest absolute Gasteiger partial charge is 0.308 e. The number of hydrogen-bond donors (Lipinski definition) is 5. The van der Waals surface area contributed by atoms with Crippen LogP contribution in [0.25, 0.3) is 0 Å². The number of allylic oxidation sites excluding steroid dienone is 2. The van der Waals surface area contributed by atoms with Crippen molar-refractivity contribution in [3.63, 3.8) is 0 Å². The van der Waals surface area contributed by atoms with Crippen LogP contribution in [-0.2, 0) is 19.0 Å². The summed E-state index contributed by atoms with van der Waals surface area (Å²) in [5.41, 5.74) is 4.63. The lowest BCUT2D eigenvalue weighted by Gasteiger charge is -2.37. The van der Waals surface area contributed by atoms with E-state index in [0.717, 1.165) is 6.08 Å². The predicted octanol–water partition coefficient (Wildman–Crippen LogP) is 3.24. The number of aromatic hydroxyl groups is 1. The Bertz CT molecular complexity index is 1460. The van der Waals surface area contributed by atoms with E-state index in [9.17, 15) is 39.6 Å². The molecule has 0 spiro atoms. The lowest BCUT2D eigenvalue weighted by Crippen LogP contribution is -2.45. The number of methoxy groups -OCH3 is 2. The summed E-state index contributed by atoms with van der Waals surface area (Å²) in [4.78, 5) is 50.9. The van der Waals surface area contributed by atoms with E-state index >= 15 is 0 Å². The van der Waals surface area contributed by atoms with E-state index in [1.807, 2.05) is 6.92 Å². The Morgan fingerprint density at radius 3 is 2.08 bits per heavy atom. The van der Waals surface area contributed by atoms with E-state index < -0.39 is 71.1 Å². The lowest BCUT2D eigenvalue weighted by atomic mass is 9.77. The van der Waals surface area contributed by atoms with Gasteiger partial charge in [-0.05, 0) is 32.1 Å². The molecule has 13 nitrogen and oxygen atoms in total. The number of nitrogens with two attached hydrogens (primary N) is 1. The SMILES string of the molecule is COC(=O)C(C)CCC[C@H](C)[C@H](O)[C@@H](C)[C@@H](O)[C@@H](C)[C@H](O)[C@H](C)[C@H](CCO[C@@]1(C)Oc2c(C)c(O)c3c(c2C1=O)C(=O)C=C(N)C3=O)OC. The summed E-state index contributed by atoms with van der Waals surface area (Å²) in [6.45, 7) is 11.7. The zero-order chi connectivity index (χ0) is 37.1. The number of benzene rings is 1. The predicted molar refractivity (Wildman–Crippen MR) is 178 cm³/mol. The third kappa shape index (κ3) is 8.01. The Morgan fingerprint density at radius 1 is 0.898 bits per heavy atom. The van der Waals surface area contributed by atoms with Crippen molar-refractivity contribution in [1.82, 2.24) is 0 Å². The number of carbonyl (C=O) groups excluding carboxylic acids is 4. The van der Waals surface area contributed by atoms with Crippen molar-refractivity contribution in [2.45, 2.75) is 104 Å². The van der Waals surface area contributed by atoms with Gasteiger partial charge in [0.15, 0.2) is 5.78 Å². The van der Waals surface area contributed by atoms with E-state index in [-0.39, 0.29) is 64.5 Å². The van der Waals surface area contributed by atoms with Gasteiger partial charge in [-0.2, -0.15) is 0 Å². The average Bonchev–Trinajstić information content (AvgIpc) is 3.34. The molecule has 6 N–H and O–H groups in total. The van der Waals surface area contributed by atoms with E-state index in [4.69, 9.17) is 24.7 Å². The molecule has 0 saturated heterocycles. The number of aliphatic hydroxyl groups excluding tert-OH is 3. The molecule has 1 aliphatic heterocycles. The molecule has 10 atom stereocenters. The van der Waals surface area contributed by atoms with Crippen molar-refractivity contribution in [3.05, 3.63) is 34.0 Å². The summed E-state index contributed by atoms with van der Waals surface area (Å²) in [7, 11) is 2.82. The molecular formula is C36H53NO12. The normalized spacial score (nSPS) is 22.9. The highest BCUT2D eigenvalue weighted by atomic mass is 16.7. The number of fused-ring (bicyclic) bond motifs is 3. The molecule has 274 valence electrons. The van der Waals surface area contributed by atoms with E-state index in [2.05, 4.69) is 0 Å². The highest BCUT2D eigenvalue weighted by Gasteiger charge is 2.51. The summed E-state index contributed by atoms with van der Waals surface area (Å²) in [5, 5.41) is 44.2. The molecule has 1 heterocycles. The first kappa shape index (κ1) is 40.1. The highest BCUT2D eigenvalue weighted by Crippen LogP contribution is 2.47. The first-order valence-electron chi connectivity index (χ1n) is 16.8. The molecule has 2 aliphatic rings. The Morgan fingerprint density at radius 2 is 1.49 bits per heavy atom. The van der Waals surface area contributed by atoms with Crippen LogP contribution in [0.4, 0.5) is 0 Å². The van der Waals surface area contributed by atoms with Crippen molar-refractivity contribution in [2.75, 3.05) is 20.8 Å². The second kappa shape index (κ2) is 16.1. The van der Waals surface area contributed by atoms with Crippen molar-refractivity contribution in [2.24, 2.45) is 35.3 Å². The summed E-state index contributed by atoms with van der Waals surface area (Å²) in [5.74, 6) is -6.97. The van der Waals surface area contributed by atoms with Crippen LogP contribution < -0.4 is 10.5 Å². The van der Waals surface area contributed by atoms with E-state index in [1.165, 1.54) is 28.1 Å². The number of phenolic OH excluding ortho intramolecular Hbond substituents is 1. The molecular weight excluding hydrogens is 638 g/mol. The number of phenols is 1. The van der Waals surface area contributed by atoms with Gasteiger partial charge in [0.05, 0.1) is 66.4 Å². The number of Topliss-reactive ketones (excluding diaryl/α,β-unsaturated/α-hetero) is 2. The first-order chi connectivity index (χ1) is 22.8. The van der Waals surface area contributed by atoms with Crippen LogP contribution in [0.1, 0.15) is 104 Å². The van der Waals surface area contributed by atoms with Gasteiger partial charge in [0.2, 0.25) is 11.6 Å². The maximum absolute atomic E-state index is 13.6. The van der Waals surface area contributed by atoms with Crippen LogP contribution in [0.3, 0.4) is 0 Å². The number of carbonyl (C=O) groups is 4. The molecule has 13 heteroatoms. The molecule has 1 aromatic rings. The van der Waals surface area contributed by atoms with Gasteiger partial charge >= 0.3 is 5.97 Å². The fourth-order valence-corrected chi connectivity index (χ4v) is 6.94. The first-order valence-corrected chi connectivity index (χ1v) is 16.8. The molecule has 0 amide bonds.